The third-order valence-electron chi connectivity index (χ3n) is 7.52. The van der Waals surface area contributed by atoms with E-state index in [1.165, 1.54) is 0 Å². The van der Waals surface area contributed by atoms with E-state index >= 15 is 0 Å². The largest absolute Gasteiger partial charge is 0.434 e. The Morgan fingerprint density at radius 1 is 1.02 bits per heavy atom. The highest BCUT2D eigenvalue weighted by molar-refractivity contribution is 6.30. The van der Waals surface area contributed by atoms with Crippen molar-refractivity contribution < 1.29 is 23.5 Å². The number of halogens is 1. The quantitative estimate of drug-likeness (QED) is 0.173. The Morgan fingerprint density at radius 2 is 1.79 bits per heavy atom. The lowest BCUT2D eigenvalue weighted by Crippen LogP contribution is -2.47. The minimum absolute atomic E-state index is 0.0598. The number of ether oxygens (including phenoxy) is 1. The number of amides is 2. The second-order valence-corrected chi connectivity index (χ2v) is 11.0. The topological polar surface area (TPSA) is 141 Å². The van der Waals surface area contributed by atoms with Crippen LogP contribution in [0.15, 0.2) is 77.5 Å². The molecule has 224 valence electrons. The maximum atomic E-state index is 13.8. The molecule has 3 N–H and O–H groups in total. The first kappa shape index (κ1) is 30.3. The van der Waals surface area contributed by atoms with Gasteiger partial charge in [0.2, 0.25) is 17.6 Å². The number of ketones is 1. The summed E-state index contributed by atoms with van der Waals surface area (Å²) in [6.07, 6.45) is 4.57. The van der Waals surface area contributed by atoms with Crippen LogP contribution in [0.2, 0.25) is 5.02 Å². The molecule has 11 heteroatoms. The lowest BCUT2D eigenvalue weighted by Gasteiger charge is -2.22. The number of carbonyl (C=O) groups excluding carboxylic acids is 3. The number of hydrogen-bond acceptors (Lipinski definition) is 8. The van der Waals surface area contributed by atoms with E-state index in [0.717, 1.165) is 11.1 Å². The van der Waals surface area contributed by atoms with Crippen LogP contribution in [0.3, 0.4) is 0 Å². The van der Waals surface area contributed by atoms with Crippen LogP contribution < -0.4 is 11.1 Å². The van der Waals surface area contributed by atoms with Crippen molar-refractivity contribution in [2.45, 2.75) is 44.4 Å². The van der Waals surface area contributed by atoms with Gasteiger partial charge in [0.1, 0.15) is 5.52 Å². The molecule has 0 unspecified atom stereocenters. The fourth-order valence-corrected chi connectivity index (χ4v) is 5.26. The Morgan fingerprint density at radius 3 is 2.53 bits per heavy atom. The van der Waals surface area contributed by atoms with Crippen molar-refractivity contribution in [1.29, 1.82) is 0 Å². The average molecular weight is 604 g/mol. The Labute approximate surface area is 254 Å². The summed E-state index contributed by atoms with van der Waals surface area (Å²) in [6.45, 7) is 1.11. The van der Waals surface area contributed by atoms with Gasteiger partial charge in [-0.2, -0.15) is 0 Å². The molecule has 2 aromatic heterocycles. The zero-order valence-corrected chi connectivity index (χ0v) is 24.4. The van der Waals surface area contributed by atoms with Crippen molar-refractivity contribution in [3.05, 3.63) is 95.1 Å². The molecule has 4 aromatic rings. The van der Waals surface area contributed by atoms with Crippen LogP contribution in [0.5, 0.6) is 0 Å². The molecule has 1 aliphatic rings. The first-order valence-electron chi connectivity index (χ1n) is 14.3. The van der Waals surface area contributed by atoms with E-state index in [1.807, 2.05) is 18.2 Å². The number of hydrogen-bond donors (Lipinski definition) is 2. The van der Waals surface area contributed by atoms with Gasteiger partial charge < -0.3 is 25.1 Å². The summed E-state index contributed by atoms with van der Waals surface area (Å²) in [5.41, 5.74) is 8.46. The maximum Gasteiger partial charge on any atom is 0.266 e. The Kier molecular flexibility index (Phi) is 10.1. The molecule has 43 heavy (non-hydrogen) atoms. The van der Waals surface area contributed by atoms with Crippen LogP contribution in [0.25, 0.3) is 11.1 Å². The van der Waals surface area contributed by atoms with Crippen LogP contribution >= 0.6 is 11.6 Å². The van der Waals surface area contributed by atoms with E-state index in [1.54, 1.807) is 59.8 Å². The number of oxazole rings is 1. The van der Waals surface area contributed by atoms with Crippen molar-refractivity contribution >= 4 is 40.3 Å². The molecule has 3 atom stereocenters. The number of nitrogens with one attached hydrogen (secondary N) is 1. The van der Waals surface area contributed by atoms with Gasteiger partial charge in [-0.1, -0.05) is 35.9 Å². The van der Waals surface area contributed by atoms with Crippen molar-refractivity contribution in [3.63, 3.8) is 0 Å². The summed E-state index contributed by atoms with van der Waals surface area (Å²) >= 11 is 6.02. The molecule has 1 saturated heterocycles. The second kappa shape index (κ2) is 14.4. The highest BCUT2D eigenvalue weighted by atomic mass is 35.5. The zero-order valence-electron chi connectivity index (χ0n) is 23.7. The first-order chi connectivity index (χ1) is 20.9. The normalized spacial score (nSPS) is 17.2. The minimum atomic E-state index is -0.870. The molecule has 2 aromatic carbocycles. The van der Waals surface area contributed by atoms with Gasteiger partial charge >= 0.3 is 0 Å². The number of unbranched alkanes of at least 4 members (excludes halogenated alkanes) is 1. The molecule has 5 rings (SSSR count). The number of fused-ring (bicyclic) bond motifs is 1. The summed E-state index contributed by atoms with van der Waals surface area (Å²) in [7, 11) is 0. The monoisotopic (exact) mass is 603 g/mol. The number of aromatic nitrogens is 2. The summed E-state index contributed by atoms with van der Waals surface area (Å²) in [6, 6.07) is 17.1. The number of likely N-dealkylation sites (tertiary alicyclic amines) is 1. The van der Waals surface area contributed by atoms with Crippen LogP contribution in [0.4, 0.5) is 0 Å². The predicted octanol–water partition coefficient (Wildman–Crippen LogP) is 3.96. The Bertz CT molecular complexity index is 1510. The third kappa shape index (κ3) is 7.84. The summed E-state index contributed by atoms with van der Waals surface area (Å²) < 4.78 is 11.9. The predicted molar refractivity (Wildman–Crippen MR) is 161 cm³/mol. The van der Waals surface area contributed by atoms with Gasteiger partial charge in [0, 0.05) is 30.5 Å². The van der Waals surface area contributed by atoms with Gasteiger partial charge in [0.25, 0.3) is 5.89 Å². The molecule has 0 aliphatic carbocycles. The van der Waals surface area contributed by atoms with Crippen LogP contribution in [0.1, 0.15) is 41.1 Å². The molecular weight excluding hydrogens is 570 g/mol. The number of carbonyl (C=O) groups is 3. The van der Waals surface area contributed by atoms with Crippen LogP contribution in [-0.4, -0.2) is 64.2 Å². The zero-order chi connectivity index (χ0) is 30.2. The van der Waals surface area contributed by atoms with Gasteiger partial charge in [-0.05, 0) is 73.3 Å². The van der Waals surface area contributed by atoms with Gasteiger partial charge in [-0.3, -0.25) is 19.4 Å². The highest BCUT2D eigenvalue weighted by Crippen LogP contribution is 2.24. The standard InChI is InChI=1S/C32H34ClN5O5/c33-23-10-8-22(9-11-23)20-42-28-19-38(29(39)17-21-12-15-35-16-13-21)18-24(28)31(41)36-26(6-3-4-14-34)30(40)32-37-25-5-1-2-7-27(25)43-32/h1-2,5,7-13,15-16,24,26,28H,3-4,6,14,17-20,34H2,(H,36,41)/t24-,26-,28-/m0/s1. The molecule has 3 heterocycles. The van der Waals surface area contributed by atoms with E-state index in [4.69, 9.17) is 26.5 Å². The number of nitrogens with zero attached hydrogens (tertiary/aromatic N) is 3. The average Bonchev–Trinajstić information content (AvgIpc) is 3.66. The molecule has 1 aliphatic heterocycles. The minimum Gasteiger partial charge on any atom is -0.434 e. The van der Waals surface area contributed by atoms with Crippen LogP contribution in [0, 0.1) is 5.92 Å². The number of pyridine rings is 1. The van der Waals surface area contributed by atoms with Gasteiger partial charge in [0.15, 0.2) is 5.58 Å². The summed E-state index contributed by atoms with van der Waals surface area (Å²) in [4.78, 5) is 50.6. The van der Waals surface area contributed by atoms with Crippen molar-refractivity contribution in [2.75, 3.05) is 19.6 Å². The Balaban J connectivity index is 1.33. The van der Waals surface area contributed by atoms with Crippen LogP contribution in [-0.2, 0) is 27.4 Å². The van der Waals surface area contributed by atoms with Gasteiger partial charge in [-0.15, -0.1) is 0 Å². The highest BCUT2D eigenvalue weighted by Gasteiger charge is 2.41. The van der Waals surface area contributed by atoms with Gasteiger partial charge in [0.05, 0.1) is 31.1 Å². The maximum absolute atomic E-state index is 13.8. The Hall–Kier alpha value is -4.12. The first-order valence-corrected chi connectivity index (χ1v) is 14.7. The van der Waals surface area contributed by atoms with E-state index in [-0.39, 0.29) is 43.8 Å². The van der Waals surface area contributed by atoms with Crippen molar-refractivity contribution in [1.82, 2.24) is 20.2 Å². The summed E-state index contributed by atoms with van der Waals surface area (Å²) in [5, 5.41) is 3.54. The molecule has 1 fully saturated rings. The third-order valence-corrected chi connectivity index (χ3v) is 7.77. The number of benzene rings is 2. The molecule has 2 amide bonds. The smallest absolute Gasteiger partial charge is 0.266 e. The number of nitrogens with two attached hydrogens (primary N) is 1. The molecular formula is C32H34ClN5O5. The molecule has 0 radical (unpaired) electrons. The second-order valence-electron chi connectivity index (χ2n) is 10.6. The van der Waals surface area contributed by atoms with Crippen molar-refractivity contribution in [2.24, 2.45) is 11.7 Å². The van der Waals surface area contributed by atoms with Gasteiger partial charge in [-0.25, -0.2) is 4.98 Å². The number of Topliss-reactive ketones (excluding diaryl/α,β-unsaturated/α-hetero) is 1. The van der Waals surface area contributed by atoms with E-state index in [9.17, 15) is 14.4 Å². The molecule has 10 nitrogen and oxygen atoms in total. The SMILES string of the molecule is NCCCC[C@H](NC(=O)[C@H]1CN(C(=O)Cc2ccncc2)C[C@@H]1OCc1ccc(Cl)cc1)C(=O)c1nc2ccccc2o1. The van der Waals surface area contributed by atoms with E-state index in [2.05, 4.69) is 15.3 Å². The molecule has 0 saturated carbocycles. The fourth-order valence-electron chi connectivity index (χ4n) is 5.14. The number of rotatable bonds is 13. The fraction of sp³-hybridized carbons (Fsp3) is 0.344. The number of para-hydroxylation sites is 2. The summed E-state index contributed by atoms with van der Waals surface area (Å²) in [5.74, 6) is -1.66. The van der Waals surface area contributed by atoms with Crippen molar-refractivity contribution in [3.8, 4) is 0 Å². The van der Waals surface area contributed by atoms with E-state index in [0.29, 0.717) is 41.9 Å². The molecule has 0 spiro atoms. The van der Waals surface area contributed by atoms with E-state index < -0.39 is 23.8 Å². The molecule has 0 bridgehead atoms. The lowest BCUT2D eigenvalue weighted by atomic mass is 10.0. The lowest BCUT2D eigenvalue weighted by molar-refractivity contribution is -0.130.